The van der Waals surface area contributed by atoms with E-state index < -0.39 is 11.7 Å². The van der Waals surface area contributed by atoms with Crippen LogP contribution in [-0.2, 0) is 10.9 Å². The molecule has 1 N–H and O–H groups in total. The molecule has 10 heteroatoms. The molecule has 2 aromatic carbocycles. The van der Waals surface area contributed by atoms with Gasteiger partial charge in [0.2, 0.25) is 5.62 Å². The second kappa shape index (κ2) is 8.68. The first-order valence-electron chi connectivity index (χ1n) is 11.3. The Morgan fingerprint density at radius 2 is 1.91 bits per heavy atom. The van der Waals surface area contributed by atoms with Crippen molar-refractivity contribution in [2.24, 2.45) is 4.99 Å². The van der Waals surface area contributed by atoms with Crippen molar-refractivity contribution < 1.29 is 20.7 Å². The summed E-state index contributed by atoms with van der Waals surface area (Å²) in [7, 11) is 0. The molecule has 0 atom stereocenters. The number of halogens is 3. The molecular weight excluding hydrogens is 433 g/mol. The van der Waals surface area contributed by atoms with Crippen LogP contribution in [0.5, 0.6) is 0 Å². The summed E-state index contributed by atoms with van der Waals surface area (Å²) >= 11 is 0. The second-order valence-electron chi connectivity index (χ2n) is 8.38. The minimum atomic E-state index is -4.47. The van der Waals surface area contributed by atoms with E-state index in [2.05, 4.69) is 30.9 Å². The standard InChI is InChI=1S/C23H25F3N6O.H2/c1-16-9-18(12-20(10-16)30-5-7-31(8-6-30)21-13-33-14-21)28-22-27-15-32(29-22)19-4-2-3-17(11-19)23(24,25)26;/h2-4,9-12,15,21H,5-8,13-14H2,1H3,(H,28,29);1H/i15D;. The van der Waals surface area contributed by atoms with Crippen molar-refractivity contribution in [3.05, 3.63) is 65.5 Å². The molecule has 3 aromatic rings. The minimum absolute atomic E-state index is 0. The maximum atomic E-state index is 13.1. The molecule has 0 saturated carbocycles. The van der Waals surface area contributed by atoms with Gasteiger partial charge >= 0.3 is 6.18 Å². The molecule has 176 valence electrons. The molecule has 2 fully saturated rings. The molecule has 0 unspecified atom stereocenters. The van der Waals surface area contributed by atoms with Crippen LogP contribution in [-0.4, -0.2) is 65.1 Å². The fourth-order valence-electron chi connectivity index (χ4n) is 4.13. The molecule has 0 spiro atoms. The number of nitrogens with zero attached hydrogens (tertiary/aromatic N) is 5. The number of benzene rings is 2. The van der Waals surface area contributed by atoms with E-state index in [9.17, 15) is 13.2 Å². The highest BCUT2D eigenvalue weighted by Crippen LogP contribution is 2.30. The quantitative estimate of drug-likeness (QED) is 0.646. The van der Waals surface area contributed by atoms with E-state index in [0.29, 0.717) is 11.7 Å². The number of aromatic amines is 1. The van der Waals surface area contributed by atoms with Crippen LogP contribution < -0.4 is 10.5 Å². The molecular formula is C23H27F3N6O. The lowest BCUT2D eigenvalue weighted by Gasteiger charge is -2.43. The lowest BCUT2D eigenvalue weighted by molar-refractivity contribution is -0.137. The van der Waals surface area contributed by atoms with E-state index in [1.807, 2.05) is 19.1 Å². The van der Waals surface area contributed by atoms with E-state index in [0.717, 1.165) is 62.8 Å². The molecule has 2 aliphatic heterocycles. The number of ether oxygens (including phenoxy) is 1. The summed E-state index contributed by atoms with van der Waals surface area (Å²) in [5, 5.41) is 2.83. The average molecular weight is 462 g/mol. The van der Waals surface area contributed by atoms with Crippen molar-refractivity contribution in [3.63, 3.8) is 0 Å². The molecule has 0 amide bonds. The number of H-pyrrole nitrogens is 1. The molecule has 0 radical (unpaired) electrons. The third kappa shape index (κ3) is 4.81. The van der Waals surface area contributed by atoms with Gasteiger partial charge in [0.05, 0.1) is 36.2 Å². The van der Waals surface area contributed by atoms with Gasteiger partial charge in [-0.25, -0.2) is 14.7 Å². The van der Waals surface area contributed by atoms with Gasteiger partial charge in [0.1, 0.15) is 7.67 Å². The molecule has 33 heavy (non-hydrogen) atoms. The highest BCUT2D eigenvalue weighted by molar-refractivity contribution is 5.58. The summed E-state index contributed by atoms with van der Waals surface area (Å²) < 4.78 is 53.8. The average Bonchev–Trinajstić information content (AvgIpc) is 3.12. The van der Waals surface area contributed by atoms with E-state index in [4.69, 9.17) is 6.11 Å². The van der Waals surface area contributed by atoms with Crippen molar-refractivity contribution in [2.45, 2.75) is 19.1 Å². The zero-order valence-corrected chi connectivity index (χ0v) is 18.1. The Morgan fingerprint density at radius 3 is 2.61 bits per heavy atom. The maximum Gasteiger partial charge on any atom is 0.416 e. The zero-order valence-electron chi connectivity index (χ0n) is 19.1. The highest BCUT2D eigenvalue weighted by atomic mass is 19.4. The Hall–Kier alpha value is -3.11. The molecule has 0 aliphatic carbocycles. The number of piperazine rings is 1. The van der Waals surface area contributed by atoms with E-state index in [1.54, 1.807) is 0 Å². The van der Waals surface area contributed by atoms with E-state index >= 15 is 0 Å². The lowest BCUT2D eigenvalue weighted by atomic mass is 10.1. The maximum absolute atomic E-state index is 13.1. The van der Waals surface area contributed by atoms with Crippen LogP contribution in [0.25, 0.3) is 5.69 Å². The van der Waals surface area contributed by atoms with Crippen LogP contribution in [0.1, 0.15) is 13.9 Å². The number of hydrogen-bond acceptors (Lipinski definition) is 5. The Balaban J connectivity index is 0.00000289. The Morgan fingerprint density at radius 1 is 1.12 bits per heavy atom. The van der Waals surface area contributed by atoms with Crippen LogP contribution in [0.3, 0.4) is 0 Å². The molecule has 7 nitrogen and oxygen atoms in total. The predicted molar refractivity (Wildman–Crippen MR) is 120 cm³/mol. The fourth-order valence-corrected chi connectivity index (χ4v) is 4.13. The van der Waals surface area contributed by atoms with Gasteiger partial charge in [-0.05, 0) is 48.9 Å². The highest BCUT2D eigenvalue weighted by Gasteiger charge is 2.31. The minimum Gasteiger partial charge on any atom is -0.378 e. The molecule has 2 aliphatic rings. The smallest absolute Gasteiger partial charge is 0.378 e. The monoisotopic (exact) mass is 461 g/mol. The van der Waals surface area contributed by atoms with Gasteiger partial charge in [-0.3, -0.25) is 10.00 Å². The lowest BCUT2D eigenvalue weighted by Crippen LogP contribution is -2.56. The first-order chi connectivity index (χ1) is 16.3. The Kier molecular flexibility index (Phi) is 5.39. The van der Waals surface area contributed by atoms with Crippen LogP contribution in [0.2, 0.25) is 0 Å². The normalized spacial score (nSPS) is 19.0. The second-order valence-corrected chi connectivity index (χ2v) is 8.38. The van der Waals surface area contributed by atoms with Gasteiger partial charge in [0, 0.05) is 33.3 Å². The summed E-state index contributed by atoms with van der Waals surface area (Å²) in [5.74, 6) is 0. The number of nitrogens with one attached hydrogen (secondary N) is 1. The molecule has 2 saturated heterocycles. The number of rotatable bonds is 4. The number of aryl methyl sites for hydroxylation is 1. The SMILES string of the molecule is [2H]c1nc(=Nc2cc(C)cc(N3CCN(C4COC4)CC3)c2)[nH]n1-c1cccc(C(F)(F)F)c1.[HH]. The Bertz CT molecular complexity index is 1250. The van der Waals surface area contributed by atoms with Gasteiger partial charge in [-0.1, -0.05) is 6.07 Å². The van der Waals surface area contributed by atoms with Crippen molar-refractivity contribution in [1.82, 2.24) is 19.7 Å². The van der Waals surface area contributed by atoms with Crippen molar-refractivity contribution in [2.75, 3.05) is 44.3 Å². The summed E-state index contributed by atoms with van der Waals surface area (Å²) in [5.41, 5.74) is 2.27. The number of aromatic nitrogens is 3. The molecule has 3 heterocycles. The third-order valence-electron chi connectivity index (χ3n) is 6.00. The van der Waals surface area contributed by atoms with E-state index in [1.165, 1.54) is 16.8 Å². The summed E-state index contributed by atoms with van der Waals surface area (Å²) in [6.07, 6.45) is -4.71. The number of anilines is 1. The Labute approximate surface area is 192 Å². The van der Waals surface area contributed by atoms with Gasteiger partial charge in [-0.15, -0.1) is 0 Å². The fraction of sp³-hybridized carbons (Fsp3) is 0.391. The largest absolute Gasteiger partial charge is 0.416 e. The topological polar surface area (TPSA) is 61.7 Å². The molecule has 0 bridgehead atoms. The van der Waals surface area contributed by atoms with Crippen molar-refractivity contribution >= 4 is 11.4 Å². The summed E-state index contributed by atoms with van der Waals surface area (Å²) in [6, 6.07) is 11.3. The first kappa shape index (κ1) is 20.5. The van der Waals surface area contributed by atoms with Gasteiger partial charge < -0.3 is 9.64 Å². The van der Waals surface area contributed by atoms with Crippen LogP contribution in [0.15, 0.2) is 53.8 Å². The number of hydrogen-bond donors (Lipinski definition) is 1. The zero-order chi connectivity index (χ0) is 23.9. The van der Waals surface area contributed by atoms with Gasteiger partial charge in [-0.2, -0.15) is 13.2 Å². The predicted octanol–water partition coefficient (Wildman–Crippen LogP) is 3.53. The van der Waals surface area contributed by atoms with Crippen LogP contribution in [0.4, 0.5) is 24.5 Å². The van der Waals surface area contributed by atoms with E-state index in [-0.39, 0.29) is 19.0 Å². The van der Waals surface area contributed by atoms with Crippen LogP contribution >= 0.6 is 0 Å². The first-order valence-corrected chi connectivity index (χ1v) is 10.8. The number of alkyl halides is 3. The van der Waals surface area contributed by atoms with Gasteiger partial charge in [0.15, 0.2) is 0 Å². The molecule has 5 rings (SSSR count). The van der Waals surface area contributed by atoms with Gasteiger partial charge in [0.25, 0.3) is 0 Å². The van der Waals surface area contributed by atoms with Crippen molar-refractivity contribution in [3.8, 4) is 5.69 Å². The van der Waals surface area contributed by atoms with Crippen molar-refractivity contribution in [1.29, 1.82) is 0 Å². The molecule has 1 aromatic heterocycles. The van der Waals surface area contributed by atoms with Crippen LogP contribution in [0, 0.1) is 6.92 Å². The summed E-state index contributed by atoms with van der Waals surface area (Å²) in [4.78, 5) is 13.4. The summed E-state index contributed by atoms with van der Waals surface area (Å²) in [6.45, 7) is 7.40. The third-order valence-corrected chi connectivity index (χ3v) is 6.00.